The highest BCUT2D eigenvalue weighted by atomic mass is 35.5. The van der Waals surface area contributed by atoms with Gasteiger partial charge in [-0.3, -0.25) is 0 Å². The molecule has 7 nitrogen and oxygen atoms in total. The van der Waals surface area contributed by atoms with Crippen molar-refractivity contribution in [1.29, 1.82) is 0 Å². The first-order valence-corrected chi connectivity index (χ1v) is 10.2. The quantitative estimate of drug-likeness (QED) is 0.340. The van der Waals surface area contributed by atoms with E-state index in [0.29, 0.717) is 38.8 Å². The molecule has 140 valence electrons. The maximum Gasteiger partial charge on any atom is 0.249 e. The molecule has 0 amide bonds. The van der Waals surface area contributed by atoms with E-state index in [1.54, 1.807) is 30.5 Å². The third-order valence-corrected chi connectivity index (χ3v) is 5.82. The molecule has 0 radical (unpaired) electrons. The van der Waals surface area contributed by atoms with Crippen molar-refractivity contribution in [2.45, 2.75) is 10.1 Å². The van der Waals surface area contributed by atoms with Crippen molar-refractivity contribution in [2.75, 3.05) is 0 Å². The fourth-order valence-corrected chi connectivity index (χ4v) is 3.95. The maximum atomic E-state index is 9.75. The number of benzene rings is 2. The summed E-state index contributed by atoms with van der Waals surface area (Å²) in [6.07, 6.45) is 1.55. The number of phenolic OH excluding ortho intramolecular Hbond substituents is 1. The van der Waals surface area contributed by atoms with E-state index in [1.807, 2.05) is 24.3 Å². The van der Waals surface area contributed by atoms with Gasteiger partial charge in [-0.15, -0.1) is 20.4 Å². The summed E-state index contributed by atoms with van der Waals surface area (Å²) in [6.45, 7) is 0. The van der Waals surface area contributed by atoms with Crippen LogP contribution in [-0.4, -0.2) is 31.7 Å². The standard InChI is InChI=1S/C18H12ClN5O2S2/c19-13-7-3-2-6-12(13)16-22-21-15(26-16)10-27-18-24-23-17(28-18)20-9-11-5-1-4-8-14(11)25/h1-9,25H,10H2/b20-9+. The Morgan fingerprint density at radius 2 is 1.89 bits per heavy atom. The van der Waals surface area contributed by atoms with Gasteiger partial charge in [-0.2, -0.15) is 0 Å². The van der Waals surface area contributed by atoms with E-state index in [2.05, 4.69) is 25.4 Å². The van der Waals surface area contributed by atoms with Gasteiger partial charge in [-0.1, -0.05) is 59.0 Å². The van der Waals surface area contributed by atoms with Crippen LogP contribution < -0.4 is 0 Å². The number of hydrogen-bond acceptors (Lipinski definition) is 9. The van der Waals surface area contributed by atoms with Crippen LogP contribution in [0.2, 0.25) is 5.02 Å². The van der Waals surface area contributed by atoms with Gasteiger partial charge in [0.25, 0.3) is 0 Å². The molecule has 2 aromatic carbocycles. The van der Waals surface area contributed by atoms with Crippen LogP contribution in [0.25, 0.3) is 11.5 Å². The molecule has 0 saturated carbocycles. The zero-order valence-electron chi connectivity index (χ0n) is 14.2. The van der Waals surface area contributed by atoms with Gasteiger partial charge in [0.1, 0.15) is 5.75 Å². The summed E-state index contributed by atoms with van der Waals surface area (Å²) < 4.78 is 6.39. The van der Waals surface area contributed by atoms with Crippen LogP contribution in [0.3, 0.4) is 0 Å². The van der Waals surface area contributed by atoms with Gasteiger partial charge in [0.15, 0.2) is 4.34 Å². The molecule has 0 aliphatic rings. The zero-order chi connectivity index (χ0) is 19.3. The van der Waals surface area contributed by atoms with Gasteiger partial charge in [0.2, 0.25) is 16.9 Å². The summed E-state index contributed by atoms with van der Waals surface area (Å²) in [5, 5.41) is 27.0. The maximum absolute atomic E-state index is 9.75. The normalized spacial score (nSPS) is 11.3. The van der Waals surface area contributed by atoms with Crippen LogP contribution in [0.1, 0.15) is 11.5 Å². The smallest absolute Gasteiger partial charge is 0.249 e. The molecule has 0 bridgehead atoms. The first kappa shape index (κ1) is 18.6. The third-order valence-electron chi connectivity index (χ3n) is 3.54. The SMILES string of the molecule is Oc1ccccc1/C=N/c1nnc(SCc2nnc(-c3ccccc3Cl)o2)s1. The fourth-order valence-electron chi connectivity index (χ4n) is 2.21. The summed E-state index contributed by atoms with van der Waals surface area (Å²) in [4.78, 5) is 4.25. The molecule has 2 heterocycles. The highest BCUT2D eigenvalue weighted by Gasteiger charge is 2.13. The van der Waals surface area contributed by atoms with Crippen molar-refractivity contribution < 1.29 is 9.52 Å². The van der Waals surface area contributed by atoms with Crippen molar-refractivity contribution >= 4 is 46.0 Å². The molecule has 0 aliphatic carbocycles. The number of hydrogen-bond donors (Lipinski definition) is 1. The van der Waals surface area contributed by atoms with Crippen LogP contribution in [0, 0.1) is 0 Å². The number of halogens is 1. The molecule has 4 rings (SSSR count). The van der Waals surface area contributed by atoms with Crippen molar-refractivity contribution in [3.05, 3.63) is 65.0 Å². The minimum Gasteiger partial charge on any atom is -0.507 e. The average molecular weight is 430 g/mol. The molecular formula is C18H12ClN5O2S2. The van der Waals surface area contributed by atoms with Crippen LogP contribution >= 0.6 is 34.7 Å². The Labute approximate surface area is 173 Å². The Kier molecular flexibility index (Phi) is 5.65. The first-order chi connectivity index (χ1) is 13.7. The predicted octanol–water partition coefficient (Wildman–Crippen LogP) is 4.99. The van der Waals surface area contributed by atoms with E-state index in [9.17, 15) is 5.11 Å². The average Bonchev–Trinajstić information content (AvgIpc) is 3.35. The lowest BCUT2D eigenvalue weighted by atomic mass is 10.2. The highest BCUT2D eigenvalue weighted by molar-refractivity contribution is 8.00. The van der Waals surface area contributed by atoms with Crippen LogP contribution in [0.5, 0.6) is 5.75 Å². The monoisotopic (exact) mass is 429 g/mol. The van der Waals surface area contributed by atoms with Crippen molar-refractivity contribution in [1.82, 2.24) is 20.4 Å². The Hall–Kier alpha value is -2.75. The summed E-state index contributed by atoms with van der Waals surface area (Å²) in [6, 6.07) is 14.2. The highest BCUT2D eigenvalue weighted by Crippen LogP contribution is 2.31. The number of aromatic hydroxyl groups is 1. The predicted molar refractivity (Wildman–Crippen MR) is 110 cm³/mol. The van der Waals surface area contributed by atoms with Crippen LogP contribution in [-0.2, 0) is 5.75 Å². The number of nitrogens with zero attached hydrogens (tertiary/aromatic N) is 5. The van der Waals surface area contributed by atoms with Gasteiger partial charge in [-0.25, -0.2) is 4.99 Å². The number of rotatable bonds is 6. The minimum atomic E-state index is 0.163. The van der Waals surface area contributed by atoms with E-state index in [4.69, 9.17) is 16.0 Å². The zero-order valence-corrected chi connectivity index (χ0v) is 16.6. The summed E-state index contributed by atoms with van der Waals surface area (Å²) in [5.41, 5.74) is 1.31. The summed E-state index contributed by atoms with van der Waals surface area (Å²) in [7, 11) is 0. The van der Waals surface area contributed by atoms with E-state index in [0.717, 1.165) is 4.34 Å². The van der Waals surface area contributed by atoms with Crippen LogP contribution in [0.4, 0.5) is 5.13 Å². The number of thioether (sulfide) groups is 1. The molecule has 2 aromatic heterocycles. The van der Waals surface area contributed by atoms with Gasteiger partial charge in [0, 0.05) is 11.8 Å². The Balaban J connectivity index is 1.39. The van der Waals surface area contributed by atoms with Crippen LogP contribution in [0.15, 0.2) is 62.3 Å². The van der Waals surface area contributed by atoms with E-state index >= 15 is 0 Å². The second-order valence-corrected chi connectivity index (χ2v) is 8.02. The minimum absolute atomic E-state index is 0.163. The first-order valence-electron chi connectivity index (χ1n) is 8.05. The Morgan fingerprint density at radius 1 is 1.07 bits per heavy atom. The summed E-state index contributed by atoms with van der Waals surface area (Å²) >= 11 is 8.91. The second-order valence-electron chi connectivity index (χ2n) is 5.44. The molecule has 0 saturated heterocycles. The molecular weight excluding hydrogens is 418 g/mol. The molecule has 4 aromatic rings. The Morgan fingerprint density at radius 3 is 2.75 bits per heavy atom. The molecule has 28 heavy (non-hydrogen) atoms. The second kappa shape index (κ2) is 8.51. The largest absolute Gasteiger partial charge is 0.507 e. The molecule has 0 fully saturated rings. The number of phenols is 1. The fraction of sp³-hybridized carbons (Fsp3) is 0.0556. The van der Waals surface area contributed by atoms with Crippen molar-refractivity contribution in [3.63, 3.8) is 0 Å². The van der Waals surface area contributed by atoms with Gasteiger partial charge in [0.05, 0.1) is 16.3 Å². The number of aromatic nitrogens is 4. The lowest BCUT2D eigenvalue weighted by molar-refractivity contribution is 0.474. The van der Waals surface area contributed by atoms with Crippen molar-refractivity contribution in [2.24, 2.45) is 4.99 Å². The lowest BCUT2D eigenvalue weighted by Gasteiger charge is -1.96. The topological polar surface area (TPSA) is 97.3 Å². The molecule has 10 heteroatoms. The van der Waals surface area contributed by atoms with Gasteiger partial charge < -0.3 is 9.52 Å². The molecule has 0 unspecified atom stereocenters. The van der Waals surface area contributed by atoms with Gasteiger partial charge >= 0.3 is 0 Å². The number of aliphatic imine (C=N–C) groups is 1. The Bertz CT molecular complexity index is 1130. The molecule has 0 aliphatic heterocycles. The van der Waals surface area contributed by atoms with E-state index in [1.165, 1.54) is 23.1 Å². The molecule has 0 atom stereocenters. The summed E-state index contributed by atoms with van der Waals surface area (Å²) in [5.74, 6) is 1.46. The molecule has 1 N–H and O–H groups in total. The number of para-hydroxylation sites is 1. The van der Waals surface area contributed by atoms with E-state index in [-0.39, 0.29) is 5.75 Å². The van der Waals surface area contributed by atoms with E-state index < -0.39 is 0 Å². The van der Waals surface area contributed by atoms with Crippen molar-refractivity contribution in [3.8, 4) is 17.2 Å². The molecule has 0 spiro atoms. The van der Waals surface area contributed by atoms with Gasteiger partial charge in [-0.05, 0) is 24.3 Å². The lowest BCUT2D eigenvalue weighted by Crippen LogP contribution is -1.80. The third kappa shape index (κ3) is 4.38.